The molecule has 5 nitrogen and oxygen atoms in total. The maximum Gasteiger partial charge on any atom is 0.167 e. The molecule has 0 aromatic heterocycles. The number of carbonyl (C=O) groups is 1. The van der Waals surface area contributed by atoms with E-state index < -0.39 is 0 Å². The highest BCUT2D eigenvalue weighted by molar-refractivity contribution is 6.02. The highest BCUT2D eigenvalue weighted by Gasteiger charge is 2.38. The number of carbonyl (C=O) groups excluding carboxylic acids is 1. The van der Waals surface area contributed by atoms with Crippen molar-refractivity contribution >= 4 is 32.9 Å². The molecule has 2 saturated heterocycles. The molecule has 4 aromatic rings. The maximum atomic E-state index is 14.3. The van der Waals surface area contributed by atoms with Crippen LogP contribution in [0, 0.1) is 46.3 Å². The molecule has 4 unspecified atom stereocenters. The molecule has 8 rings (SSSR count). The van der Waals surface area contributed by atoms with Crippen LogP contribution in [0.5, 0.6) is 0 Å². The zero-order chi connectivity index (χ0) is 45.0. The summed E-state index contributed by atoms with van der Waals surface area (Å²) in [7, 11) is 0. The zero-order valence-electron chi connectivity index (χ0n) is 40.2. The fourth-order valence-corrected chi connectivity index (χ4v) is 11.0. The van der Waals surface area contributed by atoms with Gasteiger partial charge in [0.05, 0.1) is 25.0 Å². The standard InChI is InChI=1S/C52H62N4O.2C3H8/c1-34(2)28-41-23-27-56(45-11-6-12-45)33-51(41)52(57)42-17-20-47-39(31-42)14-13-38(49(47)21-24-53)29-35(3)46-18-16-40-30-37(15-19-48(40)50(46)22-25-54)36(4)43-8-7-26-55(32-43)44-9-5-10-44;2*1-3-2/h13-20,30-31,34-35,41,43-45,51H,4-12,21-23,26-29,32-33H2,1-3H3;2*3H2,1-2H3. The topological polar surface area (TPSA) is 71.1 Å². The Morgan fingerprint density at radius 3 is 1.87 bits per heavy atom. The van der Waals surface area contributed by atoms with Crippen molar-refractivity contribution in [2.45, 2.75) is 163 Å². The minimum Gasteiger partial charge on any atom is -0.300 e. The minimum atomic E-state index is 0.0346. The lowest BCUT2D eigenvalue weighted by Gasteiger charge is -2.45. The first kappa shape index (κ1) is 48.2. The number of nitriles is 2. The fraction of sp³-hybridized carbons (Fsp3) is 0.569. The van der Waals surface area contributed by atoms with Crippen LogP contribution in [0.15, 0.2) is 67.2 Å². The molecule has 2 aliphatic heterocycles. The third-order valence-corrected chi connectivity index (χ3v) is 14.6. The van der Waals surface area contributed by atoms with Crippen LogP contribution >= 0.6 is 0 Å². The Balaban J connectivity index is 0.00000104. The van der Waals surface area contributed by atoms with Crippen molar-refractivity contribution in [2.24, 2.45) is 23.7 Å². The van der Waals surface area contributed by atoms with E-state index in [1.165, 1.54) is 92.8 Å². The number of rotatable bonds is 13. The van der Waals surface area contributed by atoms with E-state index in [9.17, 15) is 15.3 Å². The number of hydrogen-bond acceptors (Lipinski definition) is 5. The number of hydrogen-bond donors (Lipinski definition) is 0. The molecule has 0 N–H and O–H groups in total. The van der Waals surface area contributed by atoms with Crippen molar-refractivity contribution in [3.05, 3.63) is 101 Å². The molecule has 2 aliphatic carbocycles. The van der Waals surface area contributed by atoms with E-state index in [1.54, 1.807) is 0 Å². The molecule has 63 heavy (non-hydrogen) atoms. The molecular weight excluding hydrogens is 769 g/mol. The number of piperidine rings is 2. The van der Waals surface area contributed by atoms with Crippen molar-refractivity contribution in [2.75, 3.05) is 26.2 Å². The molecule has 336 valence electrons. The van der Waals surface area contributed by atoms with Crippen LogP contribution in [0.25, 0.3) is 27.1 Å². The molecule has 4 fully saturated rings. The second-order valence-corrected chi connectivity index (χ2v) is 20.1. The fourth-order valence-electron chi connectivity index (χ4n) is 11.0. The van der Waals surface area contributed by atoms with E-state index in [0.717, 1.165) is 83.4 Å². The zero-order valence-corrected chi connectivity index (χ0v) is 40.2. The number of ketones is 1. The monoisotopic (exact) mass is 847 g/mol. The van der Waals surface area contributed by atoms with Crippen molar-refractivity contribution in [3.8, 4) is 12.1 Å². The van der Waals surface area contributed by atoms with Gasteiger partial charge >= 0.3 is 0 Å². The van der Waals surface area contributed by atoms with Gasteiger partial charge in [0.25, 0.3) is 0 Å². The third-order valence-electron chi connectivity index (χ3n) is 14.6. The maximum absolute atomic E-state index is 14.3. The lowest BCUT2D eigenvalue weighted by molar-refractivity contribution is 0.0365. The summed E-state index contributed by atoms with van der Waals surface area (Å²) in [5, 5.41) is 24.5. The quantitative estimate of drug-likeness (QED) is 0.125. The van der Waals surface area contributed by atoms with Crippen molar-refractivity contribution < 1.29 is 4.79 Å². The summed E-state index contributed by atoms with van der Waals surface area (Å²) in [6.45, 7) is 24.3. The van der Waals surface area contributed by atoms with Crippen LogP contribution in [0.4, 0.5) is 0 Å². The third kappa shape index (κ3) is 11.5. The Morgan fingerprint density at radius 2 is 1.27 bits per heavy atom. The van der Waals surface area contributed by atoms with Crippen LogP contribution in [0.1, 0.15) is 170 Å². The molecular formula is C58H78N4O. The number of benzene rings is 4. The van der Waals surface area contributed by atoms with E-state index in [1.807, 2.05) is 6.07 Å². The van der Waals surface area contributed by atoms with Gasteiger partial charge in [0.15, 0.2) is 5.78 Å². The highest BCUT2D eigenvalue weighted by atomic mass is 16.1. The van der Waals surface area contributed by atoms with Crippen molar-refractivity contribution in [1.29, 1.82) is 10.5 Å². The van der Waals surface area contributed by atoms with E-state index >= 15 is 0 Å². The highest BCUT2D eigenvalue weighted by Crippen LogP contribution is 2.39. The van der Waals surface area contributed by atoms with Crippen LogP contribution in [-0.2, 0) is 19.3 Å². The van der Waals surface area contributed by atoms with Gasteiger partial charge in [-0.25, -0.2) is 0 Å². The Morgan fingerprint density at radius 1 is 0.698 bits per heavy atom. The van der Waals surface area contributed by atoms with Gasteiger partial charge in [-0.3, -0.25) is 14.6 Å². The molecule has 0 amide bonds. The normalized spacial score (nSPS) is 21.2. The Labute approximate surface area is 381 Å². The molecule has 4 atom stereocenters. The lowest BCUT2D eigenvalue weighted by Crippen LogP contribution is -2.50. The molecule has 2 saturated carbocycles. The summed E-state index contributed by atoms with van der Waals surface area (Å²) in [5.74, 6) is 1.96. The first-order chi connectivity index (χ1) is 30.5. The molecule has 0 spiro atoms. The van der Waals surface area contributed by atoms with E-state index in [2.05, 4.69) is 132 Å². The summed E-state index contributed by atoms with van der Waals surface area (Å²) in [6.07, 6.45) is 16.5. The summed E-state index contributed by atoms with van der Waals surface area (Å²) >= 11 is 0. The van der Waals surface area contributed by atoms with Crippen LogP contribution in [0.3, 0.4) is 0 Å². The van der Waals surface area contributed by atoms with Gasteiger partial charge < -0.3 is 0 Å². The smallest absolute Gasteiger partial charge is 0.167 e. The molecule has 4 aliphatic rings. The average Bonchev–Trinajstić information content (AvgIpc) is 3.23. The van der Waals surface area contributed by atoms with Crippen LogP contribution in [-0.4, -0.2) is 53.8 Å². The van der Waals surface area contributed by atoms with Gasteiger partial charge in [0.1, 0.15) is 0 Å². The first-order valence-corrected chi connectivity index (χ1v) is 25.1. The number of fused-ring (bicyclic) bond motifs is 2. The predicted octanol–water partition coefficient (Wildman–Crippen LogP) is 14.3. The number of likely N-dealkylation sites (tertiary alicyclic amines) is 2. The minimum absolute atomic E-state index is 0.0346. The van der Waals surface area contributed by atoms with Crippen LogP contribution < -0.4 is 0 Å². The molecule has 2 heterocycles. The van der Waals surface area contributed by atoms with Gasteiger partial charge in [0.2, 0.25) is 0 Å². The summed E-state index contributed by atoms with van der Waals surface area (Å²) in [6, 6.07) is 28.2. The van der Waals surface area contributed by atoms with Crippen molar-refractivity contribution in [3.63, 3.8) is 0 Å². The first-order valence-electron chi connectivity index (χ1n) is 25.1. The van der Waals surface area contributed by atoms with Gasteiger partial charge in [-0.1, -0.05) is 129 Å². The second kappa shape index (κ2) is 23.1. The van der Waals surface area contributed by atoms with Gasteiger partial charge in [0, 0.05) is 36.7 Å². The Kier molecular flexibility index (Phi) is 17.6. The van der Waals surface area contributed by atoms with Crippen molar-refractivity contribution in [1.82, 2.24) is 9.80 Å². The van der Waals surface area contributed by atoms with Gasteiger partial charge in [-0.15, -0.1) is 0 Å². The largest absolute Gasteiger partial charge is 0.300 e. The van der Waals surface area contributed by atoms with Crippen LogP contribution in [0.2, 0.25) is 0 Å². The molecule has 4 aromatic carbocycles. The molecule has 0 bridgehead atoms. The van der Waals surface area contributed by atoms with E-state index in [-0.39, 0.29) is 17.6 Å². The Bertz CT molecular complexity index is 2250. The summed E-state index contributed by atoms with van der Waals surface area (Å²) in [5.41, 5.74) is 7.79. The van der Waals surface area contributed by atoms with Gasteiger partial charge in [-0.2, -0.15) is 10.5 Å². The van der Waals surface area contributed by atoms with Gasteiger partial charge in [-0.05, 0) is 162 Å². The molecule has 0 radical (unpaired) electrons. The van der Waals surface area contributed by atoms with E-state index in [4.69, 9.17) is 0 Å². The number of Topliss-reactive ketones (excluding diaryl/α,β-unsaturated/α-hetero) is 1. The summed E-state index contributed by atoms with van der Waals surface area (Å²) in [4.78, 5) is 19.6. The SMILES string of the molecule is C=C(c1ccc2c(CC#N)c(C(C)Cc3ccc4cc(C(=O)C5CN(C6CCC6)CCC5CC(C)C)ccc4c3CC#N)ccc2c1)C1CCCN(C2CCC2)C1.CCC.CCC. The predicted molar refractivity (Wildman–Crippen MR) is 266 cm³/mol. The molecule has 5 heteroatoms. The summed E-state index contributed by atoms with van der Waals surface area (Å²) < 4.78 is 0. The van der Waals surface area contributed by atoms with E-state index in [0.29, 0.717) is 36.6 Å². The lowest BCUT2D eigenvalue weighted by atomic mass is 9.75. The average molecular weight is 847 g/mol. The number of nitrogens with zero attached hydrogens (tertiary/aromatic N) is 4. The Hall–Kier alpha value is -4.29. The second-order valence-electron chi connectivity index (χ2n) is 20.1.